The van der Waals surface area contributed by atoms with Gasteiger partial charge in [-0.3, -0.25) is 10.1 Å². The molecule has 210 valence electrons. The minimum atomic E-state index is -1.32. The monoisotopic (exact) mass is 574 g/mol. The number of nitrogens with one attached hydrogen (secondary N) is 2. The first-order chi connectivity index (χ1) is 20.5. The Bertz CT molecular complexity index is 1800. The fraction of sp³-hybridized carbons (Fsp3) is 0.139. The maximum Gasteiger partial charge on any atom is 0.239 e. The topological polar surface area (TPSA) is 70.6 Å². The summed E-state index contributed by atoms with van der Waals surface area (Å²) in [6.45, 7) is 2.04. The van der Waals surface area contributed by atoms with Gasteiger partial charge in [-0.05, 0) is 58.7 Å². The number of hydrogen-bond donors (Lipinski definition) is 3. The van der Waals surface area contributed by atoms with Crippen molar-refractivity contribution in [1.29, 1.82) is 0 Å². The van der Waals surface area contributed by atoms with Gasteiger partial charge in [0, 0.05) is 22.6 Å². The number of hydrogen-bond acceptors (Lipinski definition) is 4. The average Bonchev–Trinajstić information content (AvgIpc) is 3.40. The molecule has 0 saturated heterocycles. The largest absolute Gasteiger partial charge is 0.507 e. The fourth-order valence-corrected chi connectivity index (χ4v) is 5.56. The minimum absolute atomic E-state index is 0.0626. The van der Waals surface area contributed by atoms with Crippen LogP contribution in [0.3, 0.4) is 0 Å². The smallest absolute Gasteiger partial charge is 0.239 e. The summed E-state index contributed by atoms with van der Waals surface area (Å²) in [6.07, 6.45) is 2.04. The Kier molecular flexibility index (Phi) is 7.60. The Morgan fingerprint density at radius 2 is 1.57 bits per heavy atom. The highest BCUT2D eigenvalue weighted by molar-refractivity contribution is 6.30. The SMILES string of the molecule is CCCCC(=O)NC1=C(c2cccc(Cl)c2)NC(c2ccc(-c3ccc4ccccc4c3)cc2)(c2ccccc2O)O1. The molecule has 0 bridgehead atoms. The molecule has 5 aromatic rings. The summed E-state index contributed by atoms with van der Waals surface area (Å²) in [5, 5.41) is 20.5. The maximum atomic E-state index is 12.9. The molecule has 1 aliphatic rings. The zero-order valence-electron chi connectivity index (χ0n) is 23.2. The summed E-state index contributed by atoms with van der Waals surface area (Å²) < 4.78 is 6.70. The van der Waals surface area contributed by atoms with Crippen LogP contribution in [0.25, 0.3) is 27.6 Å². The lowest BCUT2D eigenvalue weighted by atomic mass is 9.91. The van der Waals surface area contributed by atoms with Gasteiger partial charge in [-0.1, -0.05) is 110 Å². The number of carbonyl (C=O) groups is 1. The first-order valence-corrected chi connectivity index (χ1v) is 14.5. The molecule has 1 heterocycles. The summed E-state index contributed by atoms with van der Waals surface area (Å²) in [4.78, 5) is 12.9. The molecule has 0 aromatic heterocycles. The van der Waals surface area contributed by atoms with Gasteiger partial charge in [0.2, 0.25) is 17.5 Å². The van der Waals surface area contributed by atoms with Crippen LogP contribution >= 0.6 is 11.6 Å². The molecule has 42 heavy (non-hydrogen) atoms. The molecule has 3 N–H and O–H groups in total. The molecular formula is C36H31ClN2O3. The molecule has 5 nitrogen and oxygen atoms in total. The Balaban J connectivity index is 1.44. The van der Waals surface area contributed by atoms with Crippen LogP contribution in [0.5, 0.6) is 5.75 Å². The number of para-hydroxylation sites is 1. The number of halogens is 1. The summed E-state index contributed by atoms with van der Waals surface area (Å²) in [6, 6.07) is 37.2. The molecule has 0 radical (unpaired) electrons. The van der Waals surface area contributed by atoms with E-state index in [4.69, 9.17) is 16.3 Å². The van der Waals surface area contributed by atoms with Gasteiger partial charge in [-0.25, -0.2) is 0 Å². The first-order valence-electron chi connectivity index (χ1n) is 14.1. The van der Waals surface area contributed by atoms with Crippen LogP contribution in [-0.2, 0) is 15.3 Å². The predicted molar refractivity (Wildman–Crippen MR) is 169 cm³/mol. The van der Waals surface area contributed by atoms with Crippen molar-refractivity contribution in [2.75, 3.05) is 0 Å². The molecular weight excluding hydrogens is 544 g/mol. The van der Waals surface area contributed by atoms with E-state index in [9.17, 15) is 9.90 Å². The fourth-order valence-electron chi connectivity index (χ4n) is 5.37. The van der Waals surface area contributed by atoms with Gasteiger partial charge < -0.3 is 15.2 Å². The summed E-state index contributed by atoms with van der Waals surface area (Å²) >= 11 is 6.37. The van der Waals surface area contributed by atoms with E-state index in [2.05, 4.69) is 41.0 Å². The zero-order chi connectivity index (χ0) is 29.1. The summed E-state index contributed by atoms with van der Waals surface area (Å²) in [5.41, 5.74) is 3.41. The van der Waals surface area contributed by atoms with Crippen molar-refractivity contribution in [3.8, 4) is 16.9 Å². The molecule has 6 heteroatoms. The lowest BCUT2D eigenvalue weighted by Crippen LogP contribution is -2.40. The molecule has 1 unspecified atom stereocenters. The van der Waals surface area contributed by atoms with E-state index in [0.717, 1.165) is 35.1 Å². The lowest BCUT2D eigenvalue weighted by molar-refractivity contribution is -0.121. The van der Waals surface area contributed by atoms with Gasteiger partial charge >= 0.3 is 0 Å². The molecule has 0 aliphatic carbocycles. The Morgan fingerprint density at radius 3 is 2.33 bits per heavy atom. The third-order valence-electron chi connectivity index (χ3n) is 7.56. The first kappa shape index (κ1) is 27.4. The van der Waals surface area contributed by atoms with Crippen LogP contribution in [-0.4, -0.2) is 11.0 Å². The minimum Gasteiger partial charge on any atom is -0.507 e. The Labute approximate surface area is 250 Å². The molecule has 6 rings (SSSR count). The van der Waals surface area contributed by atoms with E-state index in [0.29, 0.717) is 22.7 Å². The molecule has 5 aromatic carbocycles. The number of benzene rings is 5. The Hall–Kier alpha value is -4.74. The second-order valence-corrected chi connectivity index (χ2v) is 10.9. The standard InChI is InChI=1S/C36H31ClN2O3/c1-2-3-15-33(41)38-35-34(28-11-8-12-30(37)23-28)39-36(42-35,31-13-6-7-14-32(31)40)29-20-18-25(19-21-29)27-17-16-24-9-4-5-10-26(24)22-27/h4-14,16-23,39-40H,2-3,15H2,1H3,(H,38,41). The van der Waals surface area contributed by atoms with Gasteiger partial charge in [0.25, 0.3) is 0 Å². The molecule has 0 saturated carbocycles. The predicted octanol–water partition coefficient (Wildman–Crippen LogP) is 8.32. The quantitative estimate of drug-likeness (QED) is 0.174. The average molecular weight is 575 g/mol. The highest BCUT2D eigenvalue weighted by Gasteiger charge is 2.46. The molecule has 1 aliphatic heterocycles. The van der Waals surface area contributed by atoms with Crippen molar-refractivity contribution in [2.24, 2.45) is 0 Å². The van der Waals surface area contributed by atoms with E-state index in [-0.39, 0.29) is 17.5 Å². The van der Waals surface area contributed by atoms with Crippen LogP contribution in [0.15, 0.2) is 121 Å². The third-order valence-corrected chi connectivity index (χ3v) is 7.80. The van der Waals surface area contributed by atoms with Crippen molar-refractivity contribution in [3.63, 3.8) is 0 Å². The number of rotatable bonds is 8. The van der Waals surface area contributed by atoms with Crippen LogP contribution < -0.4 is 10.6 Å². The van der Waals surface area contributed by atoms with Crippen LogP contribution in [0.1, 0.15) is 42.9 Å². The van der Waals surface area contributed by atoms with Crippen molar-refractivity contribution >= 4 is 34.0 Å². The van der Waals surface area contributed by atoms with Crippen molar-refractivity contribution in [1.82, 2.24) is 10.6 Å². The second-order valence-electron chi connectivity index (χ2n) is 10.4. The number of carbonyl (C=O) groups excluding carboxylic acids is 1. The van der Waals surface area contributed by atoms with E-state index in [1.807, 2.05) is 73.7 Å². The van der Waals surface area contributed by atoms with Gasteiger partial charge in [-0.2, -0.15) is 0 Å². The van der Waals surface area contributed by atoms with Gasteiger partial charge in [-0.15, -0.1) is 0 Å². The van der Waals surface area contributed by atoms with Gasteiger partial charge in [0.1, 0.15) is 11.4 Å². The highest BCUT2D eigenvalue weighted by Crippen LogP contribution is 2.45. The second kappa shape index (κ2) is 11.6. The number of amides is 1. The van der Waals surface area contributed by atoms with Crippen molar-refractivity contribution in [3.05, 3.63) is 143 Å². The van der Waals surface area contributed by atoms with Crippen LogP contribution in [0.2, 0.25) is 5.02 Å². The van der Waals surface area contributed by atoms with Gasteiger partial charge in [0.05, 0.1) is 5.56 Å². The number of ether oxygens (including phenoxy) is 1. The number of unbranched alkanes of at least 4 members (excludes halogenated alkanes) is 1. The maximum absolute atomic E-state index is 12.9. The zero-order valence-corrected chi connectivity index (χ0v) is 24.0. The molecule has 0 spiro atoms. The molecule has 0 fully saturated rings. The van der Waals surface area contributed by atoms with Gasteiger partial charge in [0.15, 0.2) is 0 Å². The third kappa shape index (κ3) is 5.31. The van der Waals surface area contributed by atoms with Crippen LogP contribution in [0.4, 0.5) is 0 Å². The number of fused-ring (bicyclic) bond motifs is 1. The van der Waals surface area contributed by atoms with Crippen LogP contribution in [0, 0.1) is 0 Å². The summed E-state index contributed by atoms with van der Waals surface area (Å²) in [5.74, 6) is 0.195. The number of aromatic hydroxyl groups is 1. The summed E-state index contributed by atoms with van der Waals surface area (Å²) in [7, 11) is 0. The molecule has 1 atom stereocenters. The van der Waals surface area contributed by atoms with E-state index in [1.54, 1.807) is 18.2 Å². The Morgan fingerprint density at radius 1 is 0.833 bits per heavy atom. The van der Waals surface area contributed by atoms with E-state index < -0.39 is 5.72 Å². The van der Waals surface area contributed by atoms with E-state index in [1.165, 1.54) is 10.8 Å². The number of phenolic OH excluding ortho intramolecular Hbond substituents is 1. The highest BCUT2D eigenvalue weighted by atomic mass is 35.5. The van der Waals surface area contributed by atoms with E-state index >= 15 is 0 Å². The lowest BCUT2D eigenvalue weighted by Gasteiger charge is -2.32. The van der Waals surface area contributed by atoms with Crippen molar-refractivity contribution in [2.45, 2.75) is 31.9 Å². The normalized spacial score (nSPS) is 16.2. The van der Waals surface area contributed by atoms with Crippen molar-refractivity contribution < 1.29 is 14.6 Å². The molecule has 1 amide bonds. The number of phenols is 1.